The molecule has 0 saturated heterocycles. The van der Waals surface area contributed by atoms with E-state index in [0.29, 0.717) is 17.3 Å². The fourth-order valence-electron chi connectivity index (χ4n) is 2.18. The van der Waals surface area contributed by atoms with Gasteiger partial charge in [-0.1, -0.05) is 35.9 Å². The van der Waals surface area contributed by atoms with Crippen LogP contribution < -0.4 is 5.32 Å². The molecule has 0 aliphatic rings. The maximum absolute atomic E-state index is 10.7. The predicted molar refractivity (Wildman–Crippen MR) is 89.3 cm³/mol. The Morgan fingerprint density at radius 1 is 1.18 bits per heavy atom. The molecule has 0 fully saturated rings. The van der Waals surface area contributed by atoms with Crippen LogP contribution in [0.2, 0.25) is 5.02 Å². The van der Waals surface area contributed by atoms with E-state index < -0.39 is 4.92 Å². The summed E-state index contributed by atoms with van der Waals surface area (Å²) < 4.78 is 0. The number of non-ortho nitro benzene ring substituents is 1. The Labute approximate surface area is 134 Å². The Bertz CT molecular complexity index is 674. The van der Waals surface area contributed by atoms with Crippen LogP contribution in [-0.2, 0) is 13.1 Å². The van der Waals surface area contributed by atoms with Gasteiger partial charge in [-0.2, -0.15) is 0 Å². The molecular formula is C16H18ClN3O2. The first-order chi connectivity index (χ1) is 10.5. The van der Waals surface area contributed by atoms with Crippen molar-refractivity contribution in [1.82, 2.24) is 4.90 Å². The van der Waals surface area contributed by atoms with Gasteiger partial charge in [-0.15, -0.1) is 0 Å². The van der Waals surface area contributed by atoms with Gasteiger partial charge in [0.1, 0.15) is 0 Å². The second-order valence-corrected chi connectivity index (χ2v) is 5.69. The van der Waals surface area contributed by atoms with E-state index in [4.69, 9.17) is 11.6 Å². The SMILES string of the molecule is CN(C)Cc1ccccc1CNc1ccc([N+](=O)[O-])cc1Cl. The minimum absolute atomic E-state index is 0.0106. The van der Waals surface area contributed by atoms with Crippen LogP contribution in [0, 0.1) is 10.1 Å². The van der Waals surface area contributed by atoms with Crippen LogP contribution in [0.1, 0.15) is 11.1 Å². The lowest BCUT2D eigenvalue weighted by atomic mass is 10.1. The van der Waals surface area contributed by atoms with E-state index in [1.54, 1.807) is 6.07 Å². The lowest BCUT2D eigenvalue weighted by molar-refractivity contribution is -0.384. The highest BCUT2D eigenvalue weighted by Crippen LogP contribution is 2.27. The molecule has 0 bridgehead atoms. The first-order valence-electron chi connectivity index (χ1n) is 6.86. The quantitative estimate of drug-likeness (QED) is 0.647. The summed E-state index contributed by atoms with van der Waals surface area (Å²) in [5.74, 6) is 0. The molecule has 6 heteroatoms. The molecular weight excluding hydrogens is 302 g/mol. The topological polar surface area (TPSA) is 58.4 Å². The van der Waals surface area contributed by atoms with Crippen molar-refractivity contribution in [2.24, 2.45) is 0 Å². The number of hydrogen-bond acceptors (Lipinski definition) is 4. The van der Waals surface area contributed by atoms with Crippen LogP contribution in [0.4, 0.5) is 11.4 Å². The summed E-state index contributed by atoms with van der Waals surface area (Å²) in [6.07, 6.45) is 0. The first-order valence-corrected chi connectivity index (χ1v) is 7.24. The number of nitro groups is 1. The number of nitrogens with zero attached hydrogens (tertiary/aromatic N) is 2. The molecule has 22 heavy (non-hydrogen) atoms. The number of benzene rings is 2. The van der Waals surface area contributed by atoms with E-state index in [9.17, 15) is 10.1 Å². The zero-order chi connectivity index (χ0) is 16.1. The molecule has 1 N–H and O–H groups in total. The summed E-state index contributed by atoms with van der Waals surface area (Å²) in [7, 11) is 4.05. The van der Waals surface area contributed by atoms with Crippen molar-refractivity contribution < 1.29 is 4.92 Å². The largest absolute Gasteiger partial charge is 0.380 e. The molecule has 0 aliphatic heterocycles. The second-order valence-electron chi connectivity index (χ2n) is 5.28. The molecule has 2 rings (SSSR count). The Hall–Kier alpha value is -2.11. The smallest absolute Gasteiger partial charge is 0.271 e. The molecule has 2 aromatic rings. The van der Waals surface area contributed by atoms with E-state index in [0.717, 1.165) is 6.54 Å². The zero-order valence-corrected chi connectivity index (χ0v) is 13.3. The third-order valence-electron chi connectivity index (χ3n) is 3.24. The lowest BCUT2D eigenvalue weighted by Crippen LogP contribution is -2.13. The van der Waals surface area contributed by atoms with Crippen LogP contribution >= 0.6 is 11.6 Å². The molecule has 116 valence electrons. The summed E-state index contributed by atoms with van der Waals surface area (Å²) in [5, 5.41) is 14.3. The van der Waals surface area contributed by atoms with Crippen molar-refractivity contribution in [1.29, 1.82) is 0 Å². The summed E-state index contributed by atoms with van der Waals surface area (Å²) in [5.41, 5.74) is 3.08. The highest BCUT2D eigenvalue weighted by atomic mass is 35.5. The molecule has 0 aliphatic carbocycles. The van der Waals surface area contributed by atoms with Crippen molar-refractivity contribution in [3.8, 4) is 0 Å². The number of halogens is 1. The van der Waals surface area contributed by atoms with Crippen molar-refractivity contribution in [3.05, 3.63) is 68.7 Å². The Morgan fingerprint density at radius 2 is 1.86 bits per heavy atom. The summed E-state index contributed by atoms with van der Waals surface area (Å²) >= 11 is 6.09. The van der Waals surface area contributed by atoms with Crippen molar-refractivity contribution in [3.63, 3.8) is 0 Å². The van der Waals surface area contributed by atoms with E-state index in [1.165, 1.54) is 23.3 Å². The van der Waals surface area contributed by atoms with Gasteiger partial charge >= 0.3 is 0 Å². The van der Waals surface area contributed by atoms with Crippen LogP contribution in [0.5, 0.6) is 0 Å². The lowest BCUT2D eigenvalue weighted by Gasteiger charge is -2.15. The molecule has 0 unspecified atom stereocenters. The average Bonchev–Trinajstić information content (AvgIpc) is 2.46. The number of hydrogen-bond donors (Lipinski definition) is 1. The van der Waals surface area contributed by atoms with E-state index in [1.807, 2.05) is 26.2 Å². The highest BCUT2D eigenvalue weighted by Gasteiger charge is 2.10. The maximum atomic E-state index is 10.7. The third-order valence-corrected chi connectivity index (χ3v) is 3.55. The minimum atomic E-state index is -0.456. The molecule has 0 radical (unpaired) electrons. The van der Waals surface area contributed by atoms with Gasteiger partial charge in [-0.3, -0.25) is 10.1 Å². The maximum Gasteiger partial charge on any atom is 0.271 e. The normalized spacial score (nSPS) is 10.7. The highest BCUT2D eigenvalue weighted by molar-refractivity contribution is 6.33. The Balaban J connectivity index is 2.12. The third kappa shape index (κ3) is 4.19. The van der Waals surface area contributed by atoms with Crippen molar-refractivity contribution in [2.75, 3.05) is 19.4 Å². The van der Waals surface area contributed by atoms with Crippen LogP contribution in [0.3, 0.4) is 0 Å². The Kier molecular flexibility index (Phi) is 5.35. The van der Waals surface area contributed by atoms with Gasteiger partial charge in [0.15, 0.2) is 0 Å². The van der Waals surface area contributed by atoms with Gasteiger partial charge in [-0.05, 0) is 31.3 Å². The summed E-state index contributed by atoms with van der Waals surface area (Å²) in [4.78, 5) is 12.4. The number of rotatable bonds is 6. The summed E-state index contributed by atoms with van der Waals surface area (Å²) in [6, 6.07) is 12.6. The summed E-state index contributed by atoms with van der Waals surface area (Å²) in [6.45, 7) is 1.47. The minimum Gasteiger partial charge on any atom is -0.380 e. The fraction of sp³-hybridized carbons (Fsp3) is 0.250. The molecule has 0 spiro atoms. The number of nitro benzene ring substituents is 1. The molecule has 0 atom stereocenters. The molecule has 0 amide bonds. The van der Waals surface area contributed by atoms with Gasteiger partial charge in [0, 0.05) is 25.2 Å². The number of nitrogens with one attached hydrogen (secondary N) is 1. The molecule has 0 aromatic heterocycles. The average molecular weight is 320 g/mol. The molecule has 0 heterocycles. The van der Waals surface area contributed by atoms with Crippen molar-refractivity contribution in [2.45, 2.75) is 13.1 Å². The van der Waals surface area contributed by atoms with E-state index in [2.05, 4.69) is 22.3 Å². The standard InChI is InChI=1S/C16H18ClN3O2/c1-19(2)11-13-6-4-3-5-12(13)10-18-16-8-7-14(20(21)22)9-15(16)17/h3-9,18H,10-11H2,1-2H3. The Morgan fingerprint density at radius 3 is 2.45 bits per heavy atom. The van der Waals surface area contributed by atoms with Crippen molar-refractivity contribution >= 4 is 23.0 Å². The van der Waals surface area contributed by atoms with Crippen LogP contribution in [-0.4, -0.2) is 23.9 Å². The molecule has 0 saturated carbocycles. The monoisotopic (exact) mass is 319 g/mol. The second kappa shape index (κ2) is 7.24. The first kappa shape index (κ1) is 16.3. The van der Waals surface area contributed by atoms with Gasteiger partial charge < -0.3 is 10.2 Å². The molecule has 5 nitrogen and oxygen atoms in total. The van der Waals surface area contributed by atoms with Gasteiger partial charge in [0.2, 0.25) is 0 Å². The van der Waals surface area contributed by atoms with E-state index >= 15 is 0 Å². The zero-order valence-electron chi connectivity index (χ0n) is 12.5. The van der Waals surface area contributed by atoms with Gasteiger partial charge in [0.25, 0.3) is 5.69 Å². The van der Waals surface area contributed by atoms with Gasteiger partial charge in [-0.25, -0.2) is 0 Å². The van der Waals surface area contributed by atoms with E-state index in [-0.39, 0.29) is 5.69 Å². The fourth-order valence-corrected chi connectivity index (χ4v) is 2.42. The van der Waals surface area contributed by atoms with Crippen LogP contribution in [0.15, 0.2) is 42.5 Å². The predicted octanol–water partition coefficient (Wildman–Crippen LogP) is 3.92. The number of anilines is 1. The van der Waals surface area contributed by atoms with Gasteiger partial charge in [0.05, 0.1) is 15.6 Å². The van der Waals surface area contributed by atoms with Crippen LogP contribution in [0.25, 0.3) is 0 Å². The molecule has 2 aromatic carbocycles.